The number of hydrogen-bond acceptors (Lipinski definition) is 2. The van der Waals surface area contributed by atoms with Crippen molar-refractivity contribution in [3.8, 4) is 0 Å². The zero-order chi connectivity index (χ0) is 17.1. The van der Waals surface area contributed by atoms with Crippen LogP contribution in [0, 0.1) is 0 Å². The van der Waals surface area contributed by atoms with E-state index in [9.17, 15) is 13.0 Å². The van der Waals surface area contributed by atoms with E-state index < -0.39 is 14.9 Å². The molecule has 0 aliphatic heterocycles. The first-order chi connectivity index (χ1) is 10.8. The van der Waals surface area contributed by atoms with Gasteiger partial charge >= 0.3 is 0 Å². The Hall–Kier alpha value is -1.65. The molecule has 23 heavy (non-hydrogen) atoms. The molecule has 2 aromatic rings. The van der Waals surface area contributed by atoms with Gasteiger partial charge in [-0.25, -0.2) is 0 Å². The van der Waals surface area contributed by atoms with Gasteiger partial charge < -0.3 is 0 Å². The average Bonchev–Trinajstić information content (AvgIpc) is 2.52. The minimum absolute atomic E-state index is 0.160. The van der Waals surface area contributed by atoms with Crippen LogP contribution in [0.5, 0.6) is 0 Å². The summed E-state index contributed by atoms with van der Waals surface area (Å²) in [5, 5.41) is 0. The highest BCUT2D eigenvalue weighted by Crippen LogP contribution is 2.44. The highest BCUT2D eigenvalue weighted by atomic mass is 32.2. The Labute approximate surface area is 139 Å². The second-order valence-electron chi connectivity index (χ2n) is 6.16. The fourth-order valence-corrected chi connectivity index (χ4v) is 4.64. The Morgan fingerprint density at radius 3 is 2.09 bits per heavy atom. The molecule has 1 unspecified atom stereocenters. The summed E-state index contributed by atoms with van der Waals surface area (Å²) in [5.41, 5.74) is 2.23. The fourth-order valence-electron chi connectivity index (χ4n) is 3.28. The predicted molar refractivity (Wildman–Crippen MR) is 94.2 cm³/mol. The van der Waals surface area contributed by atoms with Crippen LogP contribution in [-0.4, -0.2) is 13.0 Å². The van der Waals surface area contributed by atoms with E-state index in [0.29, 0.717) is 24.0 Å². The van der Waals surface area contributed by atoms with Crippen molar-refractivity contribution in [1.82, 2.24) is 0 Å². The minimum Gasteiger partial charge on any atom is -0.285 e. The molecule has 0 aliphatic carbocycles. The van der Waals surface area contributed by atoms with Crippen molar-refractivity contribution in [3.05, 3.63) is 71.3 Å². The Morgan fingerprint density at radius 1 is 1.00 bits per heavy atom. The van der Waals surface area contributed by atoms with Crippen LogP contribution < -0.4 is 0 Å². The van der Waals surface area contributed by atoms with Crippen molar-refractivity contribution in [2.75, 3.05) is 0 Å². The molecule has 0 radical (unpaired) electrons. The van der Waals surface area contributed by atoms with Gasteiger partial charge in [-0.2, -0.15) is 8.42 Å². The molecule has 0 heterocycles. The van der Waals surface area contributed by atoms with Gasteiger partial charge in [0.2, 0.25) is 0 Å². The Kier molecular flexibility index (Phi) is 5.27. The Bertz CT molecular complexity index is 751. The monoisotopic (exact) mass is 332 g/mol. The third kappa shape index (κ3) is 3.19. The summed E-state index contributed by atoms with van der Waals surface area (Å²) in [7, 11) is -4.35. The van der Waals surface area contributed by atoms with Crippen LogP contribution >= 0.6 is 0 Å². The molecule has 0 aromatic heterocycles. The zero-order valence-electron chi connectivity index (χ0n) is 13.9. The van der Waals surface area contributed by atoms with Gasteiger partial charge in [-0.15, -0.1) is 0 Å². The van der Waals surface area contributed by atoms with Crippen molar-refractivity contribution in [3.63, 3.8) is 0 Å². The molecule has 0 amide bonds. The summed E-state index contributed by atoms with van der Waals surface area (Å²) >= 11 is 0. The van der Waals surface area contributed by atoms with E-state index in [1.807, 2.05) is 63.2 Å². The Morgan fingerprint density at radius 2 is 1.57 bits per heavy atom. The summed E-state index contributed by atoms with van der Waals surface area (Å²) in [6, 6.07) is 16.5. The van der Waals surface area contributed by atoms with Crippen LogP contribution in [0.1, 0.15) is 56.2 Å². The molecule has 0 fully saturated rings. The van der Waals surface area contributed by atoms with Crippen LogP contribution in [0.4, 0.5) is 0 Å². The van der Waals surface area contributed by atoms with Gasteiger partial charge in [0.25, 0.3) is 10.1 Å². The highest BCUT2D eigenvalue weighted by Gasteiger charge is 2.46. The van der Waals surface area contributed by atoms with Gasteiger partial charge in [-0.3, -0.25) is 4.55 Å². The van der Waals surface area contributed by atoms with Crippen LogP contribution in [0.25, 0.3) is 0 Å². The minimum atomic E-state index is -4.35. The zero-order valence-corrected chi connectivity index (χ0v) is 14.7. The topological polar surface area (TPSA) is 54.4 Å². The summed E-state index contributed by atoms with van der Waals surface area (Å²) < 4.78 is 34.0. The normalized spacial score (nSPS) is 14.7. The van der Waals surface area contributed by atoms with Crippen molar-refractivity contribution < 1.29 is 13.0 Å². The number of benzene rings is 2. The largest absolute Gasteiger partial charge is 0.285 e. The van der Waals surface area contributed by atoms with Crippen LogP contribution in [0.2, 0.25) is 0 Å². The molecule has 0 aliphatic rings. The molecule has 2 aromatic carbocycles. The maximum Gasteiger partial charge on any atom is 0.279 e. The lowest BCUT2D eigenvalue weighted by Crippen LogP contribution is -2.38. The molecule has 4 heteroatoms. The maximum atomic E-state index is 12.6. The van der Waals surface area contributed by atoms with Crippen LogP contribution in [-0.2, 0) is 14.9 Å². The third-order valence-corrected chi connectivity index (χ3v) is 5.84. The van der Waals surface area contributed by atoms with Crippen LogP contribution in [0.3, 0.4) is 0 Å². The first kappa shape index (κ1) is 17.7. The average molecular weight is 332 g/mol. The molecule has 3 nitrogen and oxygen atoms in total. The van der Waals surface area contributed by atoms with Gasteiger partial charge in [0.1, 0.15) is 4.75 Å². The second-order valence-corrected chi connectivity index (χ2v) is 7.81. The van der Waals surface area contributed by atoms with E-state index in [2.05, 4.69) is 0 Å². The first-order valence-electron chi connectivity index (χ1n) is 7.96. The third-order valence-electron chi connectivity index (χ3n) is 4.30. The molecule has 124 valence electrons. The Balaban J connectivity index is 2.89. The molecular formula is C19H24O3S. The van der Waals surface area contributed by atoms with E-state index in [-0.39, 0.29) is 5.92 Å². The number of hydrogen-bond donors (Lipinski definition) is 1. The van der Waals surface area contributed by atoms with E-state index in [1.165, 1.54) is 0 Å². The second kappa shape index (κ2) is 6.85. The predicted octanol–water partition coefficient (Wildman–Crippen LogP) is 4.74. The van der Waals surface area contributed by atoms with Gasteiger partial charge in [-0.1, -0.05) is 81.8 Å². The van der Waals surface area contributed by atoms with Crippen molar-refractivity contribution in [2.24, 2.45) is 0 Å². The van der Waals surface area contributed by atoms with Crippen molar-refractivity contribution >= 4 is 10.1 Å². The van der Waals surface area contributed by atoms with Crippen molar-refractivity contribution in [2.45, 2.75) is 44.3 Å². The smallest absolute Gasteiger partial charge is 0.279 e. The summed E-state index contributed by atoms with van der Waals surface area (Å²) in [6.45, 7) is 6.00. The molecule has 0 bridgehead atoms. The van der Waals surface area contributed by atoms with E-state index in [1.54, 1.807) is 12.1 Å². The summed E-state index contributed by atoms with van der Waals surface area (Å²) in [4.78, 5) is 0. The van der Waals surface area contributed by atoms with E-state index in [0.717, 1.165) is 5.56 Å². The molecule has 0 saturated heterocycles. The quantitative estimate of drug-likeness (QED) is 0.777. The lowest BCUT2D eigenvalue weighted by molar-refractivity contribution is 0.432. The fraction of sp³-hybridized carbons (Fsp3) is 0.368. The molecule has 1 atom stereocenters. The lowest BCUT2D eigenvalue weighted by atomic mass is 9.81. The van der Waals surface area contributed by atoms with Gasteiger partial charge in [0, 0.05) is 0 Å². The van der Waals surface area contributed by atoms with Gasteiger partial charge in [0.05, 0.1) is 0 Å². The highest BCUT2D eigenvalue weighted by molar-refractivity contribution is 7.87. The summed E-state index contributed by atoms with van der Waals surface area (Å²) in [6.07, 6.45) is 0.973. The summed E-state index contributed by atoms with van der Waals surface area (Å²) in [5.74, 6) is 0.160. The van der Waals surface area contributed by atoms with Gasteiger partial charge in [-0.05, 0) is 29.0 Å². The van der Waals surface area contributed by atoms with Gasteiger partial charge in [0.15, 0.2) is 0 Å². The SMILES string of the molecule is CCCC(c1ccccc1)(c1ccccc1C(C)C)S(=O)(=O)O. The lowest BCUT2D eigenvalue weighted by Gasteiger charge is -2.34. The first-order valence-corrected chi connectivity index (χ1v) is 9.40. The molecule has 2 rings (SSSR count). The standard InChI is InChI=1S/C19H24O3S/c1-4-14-19(23(20,21)22,16-10-6-5-7-11-16)18-13-9-8-12-17(18)15(2)3/h5-13,15H,4,14H2,1-3H3,(H,20,21,22). The van der Waals surface area contributed by atoms with E-state index >= 15 is 0 Å². The van der Waals surface area contributed by atoms with E-state index in [4.69, 9.17) is 0 Å². The number of rotatable bonds is 6. The molecule has 0 saturated carbocycles. The molecule has 1 N–H and O–H groups in total. The molecule has 0 spiro atoms. The molecular weight excluding hydrogens is 308 g/mol. The van der Waals surface area contributed by atoms with Crippen molar-refractivity contribution in [1.29, 1.82) is 0 Å². The maximum absolute atomic E-state index is 12.6. The van der Waals surface area contributed by atoms with Crippen LogP contribution in [0.15, 0.2) is 54.6 Å².